The van der Waals surface area contributed by atoms with Crippen LogP contribution in [0, 0.1) is 6.92 Å². The van der Waals surface area contributed by atoms with Crippen molar-refractivity contribution in [1.29, 1.82) is 0 Å². The van der Waals surface area contributed by atoms with E-state index >= 15 is 0 Å². The first-order valence-corrected chi connectivity index (χ1v) is 6.41. The molecular formula is C15H14Cl2. The average molecular weight is 265 g/mol. The molecule has 0 atom stereocenters. The lowest BCUT2D eigenvalue weighted by Gasteiger charge is -2.06. The number of aryl methyl sites for hydroxylation is 2. The molecule has 0 amide bonds. The van der Waals surface area contributed by atoms with Crippen LogP contribution >= 0.6 is 23.2 Å². The maximum atomic E-state index is 6.12. The summed E-state index contributed by atoms with van der Waals surface area (Å²) in [6.45, 7) is 1.94. The van der Waals surface area contributed by atoms with Gasteiger partial charge in [0.25, 0.3) is 0 Å². The van der Waals surface area contributed by atoms with Gasteiger partial charge in [0.2, 0.25) is 0 Å². The molecule has 0 saturated carbocycles. The zero-order valence-corrected chi connectivity index (χ0v) is 11.2. The monoisotopic (exact) mass is 264 g/mol. The van der Waals surface area contributed by atoms with Crippen molar-refractivity contribution in [2.75, 3.05) is 0 Å². The standard InChI is InChI=1S/C15H14Cl2/c1-11-14(16)9-13(10-15(11)17)8-7-12-5-3-2-4-6-12/h2-6,9-10H,7-8H2,1H3. The Hall–Kier alpha value is -0.980. The summed E-state index contributed by atoms with van der Waals surface area (Å²) in [6.07, 6.45) is 1.97. The normalized spacial score (nSPS) is 10.5. The predicted molar refractivity (Wildman–Crippen MR) is 75.0 cm³/mol. The van der Waals surface area contributed by atoms with Crippen LogP contribution in [-0.4, -0.2) is 0 Å². The van der Waals surface area contributed by atoms with E-state index < -0.39 is 0 Å². The highest BCUT2D eigenvalue weighted by Crippen LogP contribution is 2.26. The Labute approximate surface area is 112 Å². The maximum absolute atomic E-state index is 6.12. The molecule has 0 spiro atoms. The molecule has 0 aliphatic rings. The minimum absolute atomic E-state index is 0.751. The predicted octanol–water partition coefficient (Wildman–Crippen LogP) is 5.09. The quantitative estimate of drug-likeness (QED) is 0.725. The van der Waals surface area contributed by atoms with Crippen LogP contribution in [-0.2, 0) is 12.8 Å². The lowest BCUT2D eigenvalue weighted by Crippen LogP contribution is -1.92. The summed E-state index contributed by atoms with van der Waals surface area (Å²) in [5, 5.41) is 1.50. The first kappa shape index (κ1) is 12.5. The van der Waals surface area contributed by atoms with Gasteiger partial charge in [-0.2, -0.15) is 0 Å². The van der Waals surface area contributed by atoms with Gasteiger partial charge in [0.05, 0.1) is 0 Å². The van der Waals surface area contributed by atoms with E-state index in [0.717, 1.165) is 28.5 Å². The van der Waals surface area contributed by atoms with Gasteiger partial charge in [-0.3, -0.25) is 0 Å². The van der Waals surface area contributed by atoms with E-state index in [1.807, 2.05) is 25.1 Å². The Morgan fingerprint density at radius 3 is 1.94 bits per heavy atom. The molecule has 0 radical (unpaired) electrons. The van der Waals surface area contributed by atoms with Gasteiger partial charge in [-0.05, 0) is 48.6 Å². The highest BCUT2D eigenvalue weighted by molar-refractivity contribution is 6.36. The molecule has 88 valence electrons. The third-order valence-corrected chi connectivity index (χ3v) is 3.67. The fourth-order valence-corrected chi connectivity index (χ4v) is 2.31. The zero-order chi connectivity index (χ0) is 12.3. The third kappa shape index (κ3) is 3.24. The van der Waals surface area contributed by atoms with Gasteiger partial charge in [0.15, 0.2) is 0 Å². The van der Waals surface area contributed by atoms with Crippen LogP contribution < -0.4 is 0 Å². The van der Waals surface area contributed by atoms with Crippen molar-refractivity contribution < 1.29 is 0 Å². The van der Waals surface area contributed by atoms with Gasteiger partial charge < -0.3 is 0 Å². The number of rotatable bonds is 3. The lowest BCUT2D eigenvalue weighted by atomic mass is 10.0. The Morgan fingerprint density at radius 2 is 1.35 bits per heavy atom. The van der Waals surface area contributed by atoms with Gasteiger partial charge in [0.1, 0.15) is 0 Å². The van der Waals surface area contributed by atoms with E-state index in [2.05, 4.69) is 24.3 Å². The average Bonchev–Trinajstić information content (AvgIpc) is 2.34. The van der Waals surface area contributed by atoms with Crippen LogP contribution in [0.1, 0.15) is 16.7 Å². The van der Waals surface area contributed by atoms with Crippen LogP contribution in [0.25, 0.3) is 0 Å². The molecule has 0 aliphatic heterocycles. The van der Waals surface area contributed by atoms with Crippen LogP contribution in [0.2, 0.25) is 10.0 Å². The number of hydrogen-bond donors (Lipinski definition) is 0. The molecule has 0 N–H and O–H groups in total. The molecule has 0 heterocycles. The van der Waals surface area contributed by atoms with Crippen molar-refractivity contribution >= 4 is 23.2 Å². The van der Waals surface area contributed by atoms with E-state index in [4.69, 9.17) is 23.2 Å². The summed E-state index contributed by atoms with van der Waals surface area (Å²) < 4.78 is 0. The summed E-state index contributed by atoms with van der Waals surface area (Å²) in [4.78, 5) is 0. The second kappa shape index (κ2) is 5.57. The summed E-state index contributed by atoms with van der Waals surface area (Å²) in [5.74, 6) is 0. The molecular weight excluding hydrogens is 251 g/mol. The number of hydrogen-bond acceptors (Lipinski definition) is 0. The largest absolute Gasteiger partial charge is 0.0840 e. The summed E-state index contributed by atoms with van der Waals surface area (Å²) in [5.41, 5.74) is 3.48. The second-order valence-electron chi connectivity index (χ2n) is 4.17. The van der Waals surface area contributed by atoms with E-state index in [1.54, 1.807) is 0 Å². The Bertz CT molecular complexity index is 481. The topological polar surface area (TPSA) is 0 Å². The molecule has 0 aromatic heterocycles. The first-order chi connectivity index (χ1) is 8.16. The van der Waals surface area contributed by atoms with E-state index in [9.17, 15) is 0 Å². The molecule has 2 heteroatoms. The summed E-state index contributed by atoms with van der Waals surface area (Å²) in [6, 6.07) is 14.4. The molecule has 17 heavy (non-hydrogen) atoms. The van der Waals surface area contributed by atoms with Crippen molar-refractivity contribution in [3.63, 3.8) is 0 Å². The molecule has 2 aromatic carbocycles. The molecule has 0 aliphatic carbocycles. The fraction of sp³-hybridized carbons (Fsp3) is 0.200. The van der Waals surface area contributed by atoms with Crippen molar-refractivity contribution in [1.82, 2.24) is 0 Å². The highest BCUT2D eigenvalue weighted by atomic mass is 35.5. The molecule has 0 saturated heterocycles. The number of halogens is 2. The SMILES string of the molecule is Cc1c(Cl)cc(CCc2ccccc2)cc1Cl. The molecule has 2 rings (SSSR count). The zero-order valence-electron chi connectivity index (χ0n) is 9.71. The Balaban J connectivity index is 2.10. The van der Waals surface area contributed by atoms with Crippen LogP contribution in [0.15, 0.2) is 42.5 Å². The van der Waals surface area contributed by atoms with Crippen LogP contribution in [0.3, 0.4) is 0 Å². The summed E-state index contributed by atoms with van der Waals surface area (Å²) in [7, 11) is 0. The third-order valence-electron chi connectivity index (χ3n) is 2.89. The van der Waals surface area contributed by atoms with Gasteiger partial charge in [0, 0.05) is 10.0 Å². The smallest absolute Gasteiger partial charge is 0.0452 e. The van der Waals surface area contributed by atoms with Gasteiger partial charge >= 0.3 is 0 Å². The van der Waals surface area contributed by atoms with Crippen molar-refractivity contribution in [3.8, 4) is 0 Å². The maximum Gasteiger partial charge on any atom is 0.0452 e. The molecule has 0 nitrogen and oxygen atoms in total. The molecule has 0 bridgehead atoms. The minimum atomic E-state index is 0.751. The molecule has 2 aromatic rings. The number of benzene rings is 2. The Kier molecular flexibility index (Phi) is 4.09. The van der Waals surface area contributed by atoms with Crippen LogP contribution in [0.5, 0.6) is 0 Å². The van der Waals surface area contributed by atoms with Crippen LogP contribution in [0.4, 0.5) is 0 Å². The molecule has 0 unspecified atom stereocenters. The lowest BCUT2D eigenvalue weighted by molar-refractivity contribution is 0.959. The fourth-order valence-electron chi connectivity index (χ4n) is 1.78. The van der Waals surface area contributed by atoms with E-state index in [-0.39, 0.29) is 0 Å². The van der Waals surface area contributed by atoms with Gasteiger partial charge in [-0.1, -0.05) is 53.5 Å². The minimum Gasteiger partial charge on any atom is -0.0840 e. The van der Waals surface area contributed by atoms with Gasteiger partial charge in [-0.15, -0.1) is 0 Å². The van der Waals surface area contributed by atoms with Crippen molar-refractivity contribution in [2.24, 2.45) is 0 Å². The van der Waals surface area contributed by atoms with Crippen molar-refractivity contribution in [2.45, 2.75) is 19.8 Å². The van der Waals surface area contributed by atoms with E-state index in [0.29, 0.717) is 0 Å². The van der Waals surface area contributed by atoms with E-state index in [1.165, 1.54) is 11.1 Å². The molecule has 0 fully saturated rings. The Morgan fingerprint density at radius 1 is 0.824 bits per heavy atom. The highest BCUT2D eigenvalue weighted by Gasteiger charge is 2.04. The summed E-state index contributed by atoms with van der Waals surface area (Å²) >= 11 is 12.2. The first-order valence-electron chi connectivity index (χ1n) is 5.65. The second-order valence-corrected chi connectivity index (χ2v) is 4.98. The van der Waals surface area contributed by atoms with Crippen molar-refractivity contribution in [3.05, 3.63) is 69.2 Å². The van der Waals surface area contributed by atoms with Gasteiger partial charge in [-0.25, -0.2) is 0 Å².